The molecule has 2 unspecified atom stereocenters. The zero-order valence-corrected chi connectivity index (χ0v) is 11.1. The zero-order chi connectivity index (χ0) is 11.9. The summed E-state index contributed by atoms with van der Waals surface area (Å²) in [6, 6.07) is 10.9. The molecule has 1 aliphatic carbocycles. The van der Waals surface area contributed by atoms with E-state index < -0.39 is 0 Å². The Kier molecular flexibility index (Phi) is 2.72. The van der Waals surface area contributed by atoms with E-state index in [1.807, 2.05) is 11.3 Å². The van der Waals surface area contributed by atoms with E-state index >= 15 is 0 Å². The standard InChI is InChI=1S/C15H19NS/c1-11-6-4-5-9-15(11,16)14-10-12-7-2-3-8-13(12)17-14/h2-3,7-8,10-11H,4-6,9,16H2,1H3. The van der Waals surface area contributed by atoms with Crippen molar-refractivity contribution in [1.29, 1.82) is 0 Å². The Balaban J connectivity index is 2.07. The van der Waals surface area contributed by atoms with Crippen molar-refractivity contribution < 1.29 is 0 Å². The quantitative estimate of drug-likeness (QED) is 0.798. The molecular formula is C15H19NS. The van der Waals surface area contributed by atoms with Crippen LogP contribution in [0.4, 0.5) is 0 Å². The summed E-state index contributed by atoms with van der Waals surface area (Å²) >= 11 is 1.88. The molecule has 2 aromatic rings. The molecule has 1 aromatic heterocycles. The Morgan fingerprint density at radius 1 is 1.29 bits per heavy atom. The Bertz CT molecular complexity index is 497. The van der Waals surface area contributed by atoms with E-state index in [2.05, 4.69) is 37.3 Å². The van der Waals surface area contributed by atoms with E-state index in [1.165, 1.54) is 34.2 Å². The molecule has 0 radical (unpaired) electrons. The highest BCUT2D eigenvalue weighted by molar-refractivity contribution is 7.19. The van der Waals surface area contributed by atoms with Gasteiger partial charge in [0.15, 0.2) is 0 Å². The number of rotatable bonds is 1. The van der Waals surface area contributed by atoms with Gasteiger partial charge in [-0.05, 0) is 36.3 Å². The fourth-order valence-corrected chi connectivity index (χ4v) is 4.26. The van der Waals surface area contributed by atoms with Crippen molar-refractivity contribution in [3.05, 3.63) is 35.2 Å². The minimum Gasteiger partial charge on any atom is -0.321 e. The predicted molar refractivity (Wildman–Crippen MR) is 75.3 cm³/mol. The van der Waals surface area contributed by atoms with Crippen molar-refractivity contribution in [2.75, 3.05) is 0 Å². The summed E-state index contributed by atoms with van der Waals surface area (Å²) in [6.45, 7) is 2.31. The normalized spacial score (nSPS) is 29.6. The average Bonchev–Trinajstić information content (AvgIpc) is 2.77. The van der Waals surface area contributed by atoms with Crippen molar-refractivity contribution in [2.45, 2.75) is 38.1 Å². The number of thiophene rings is 1. The third kappa shape index (κ3) is 1.80. The molecule has 1 aromatic carbocycles. The van der Waals surface area contributed by atoms with Crippen LogP contribution >= 0.6 is 11.3 Å². The van der Waals surface area contributed by atoms with Crippen molar-refractivity contribution in [1.82, 2.24) is 0 Å². The summed E-state index contributed by atoms with van der Waals surface area (Å²) in [5.41, 5.74) is 6.62. The first-order valence-corrected chi connectivity index (χ1v) is 7.30. The maximum absolute atomic E-state index is 6.70. The van der Waals surface area contributed by atoms with Crippen LogP contribution in [0.2, 0.25) is 0 Å². The second-order valence-corrected chi connectivity index (χ2v) is 6.42. The van der Waals surface area contributed by atoms with Crippen molar-refractivity contribution in [2.24, 2.45) is 11.7 Å². The van der Waals surface area contributed by atoms with Gasteiger partial charge in [0.2, 0.25) is 0 Å². The fourth-order valence-electron chi connectivity index (χ4n) is 2.95. The monoisotopic (exact) mass is 245 g/mol. The van der Waals surface area contributed by atoms with Gasteiger partial charge in [0.1, 0.15) is 0 Å². The lowest BCUT2D eigenvalue weighted by Gasteiger charge is -2.38. The van der Waals surface area contributed by atoms with Crippen LogP contribution in [0.5, 0.6) is 0 Å². The Morgan fingerprint density at radius 2 is 2.12 bits per heavy atom. The van der Waals surface area contributed by atoms with Gasteiger partial charge in [0, 0.05) is 9.58 Å². The van der Waals surface area contributed by atoms with Crippen LogP contribution in [0.1, 0.15) is 37.5 Å². The first kappa shape index (κ1) is 11.2. The lowest BCUT2D eigenvalue weighted by Crippen LogP contribution is -2.44. The lowest BCUT2D eigenvalue weighted by atomic mass is 9.73. The van der Waals surface area contributed by atoms with Crippen molar-refractivity contribution in [3.63, 3.8) is 0 Å². The van der Waals surface area contributed by atoms with Crippen LogP contribution in [0.15, 0.2) is 30.3 Å². The van der Waals surface area contributed by atoms with E-state index in [0.717, 1.165) is 6.42 Å². The molecule has 1 saturated carbocycles. The van der Waals surface area contributed by atoms with Crippen molar-refractivity contribution in [3.8, 4) is 0 Å². The molecule has 2 N–H and O–H groups in total. The Labute approximate surface area is 107 Å². The van der Waals surface area contributed by atoms with Gasteiger partial charge in [-0.3, -0.25) is 0 Å². The maximum Gasteiger partial charge on any atom is 0.0530 e. The smallest absolute Gasteiger partial charge is 0.0530 e. The zero-order valence-electron chi connectivity index (χ0n) is 10.3. The number of hydrogen-bond donors (Lipinski definition) is 1. The van der Waals surface area contributed by atoms with Crippen LogP contribution in [-0.2, 0) is 5.54 Å². The summed E-state index contributed by atoms with van der Waals surface area (Å²) in [5.74, 6) is 0.601. The van der Waals surface area contributed by atoms with Gasteiger partial charge in [-0.25, -0.2) is 0 Å². The largest absolute Gasteiger partial charge is 0.321 e. The Hall–Kier alpha value is -0.860. The first-order valence-electron chi connectivity index (χ1n) is 6.48. The molecule has 1 heterocycles. The van der Waals surface area contributed by atoms with Crippen LogP contribution in [0.25, 0.3) is 10.1 Å². The topological polar surface area (TPSA) is 26.0 Å². The summed E-state index contributed by atoms with van der Waals surface area (Å²) in [6.07, 6.45) is 5.02. The number of hydrogen-bond acceptors (Lipinski definition) is 2. The van der Waals surface area contributed by atoms with E-state index in [4.69, 9.17) is 5.73 Å². The number of fused-ring (bicyclic) bond motifs is 1. The minimum absolute atomic E-state index is 0.0814. The first-order chi connectivity index (χ1) is 8.20. The molecule has 1 aliphatic rings. The summed E-state index contributed by atoms with van der Waals surface area (Å²) in [7, 11) is 0. The molecule has 0 aliphatic heterocycles. The molecule has 2 atom stereocenters. The highest BCUT2D eigenvalue weighted by atomic mass is 32.1. The van der Waals surface area contributed by atoms with E-state index in [0.29, 0.717) is 5.92 Å². The van der Waals surface area contributed by atoms with Gasteiger partial charge in [0.25, 0.3) is 0 Å². The SMILES string of the molecule is CC1CCCCC1(N)c1cc2ccccc2s1. The third-order valence-corrected chi connectivity index (χ3v) is 5.55. The molecule has 3 rings (SSSR count). The van der Waals surface area contributed by atoms with Gasteiger partial charge in [-0.15, -0.1) is 11.3 Å². The molecule has 17 heavy (non-hydrogen) atoms. The fraction of sp³-hybridized carbons (Fsp3) is 0.467. The van der Waals surface area contributed by atoms with Gasteiger partial charge < -0.3 is 5.73 Å². The van der Waals surface area contributed by atoms with Crippen LogP contribution in [-0.4, -0.2) is 0 Å². The lowest BCUT2D eigenvalue weighted by molar-refractivity contribution is 0.211. The van der Waals surface area contributed by atoms with Gasteiger partial charge in [-0.1, -0.05) is 38.0 Å². The van der Waals surface area contributed by atoms with Crippen LogP contribution < -0.4 is 5.73 Å². The average molecular weight is 245 g/mol. The summed E-state index contributed by atoms with van der Waals surface area (Å²) in [4.78, 5) is 1.38. The second kappa shape index (κ2) is 4.11. The highest BCUT2D eigenvalue weighted by Gasteiger charge is 2.37. The summed E-state index contributed by atoms with van der Waals surface area (Å²) in [5, 5.41) is 1.34. The van der Waals surface area contributed by atoms with E-state index in [9.17, 15) is 0 Å². The molecule has 0 amide bonds. The summed E-state index contributed by atoms with van der Waals surface area (Å²) < 4.78 is 1.37. The molecule has 1 fully saturated rings. The van der Waals surface area contributed by atoms with Crippen molar-refractivity contribution >= 4 is 21.4 Å². The van der Waals surface area contributed by atoms with Crippen LogP contribution in [0, 0.1) is 5.92 Å². The molecule has 0 saturated heterocycles. The van der Waals surface area contributed by atoms with Gasteiger partial charge >= 0.3 is 0 Å². The molecule has 2 heteroatoms. The molecule has 90 valence electrons. The number of benzene rings is 1. The second-order valence-electron chi connectivity index (χ2n) is 5.34. The third-order valence-electron chi connectivity index (χ3n) is 4.24. The molecule has 1 nitrogen and oxygen atoms in total. The predicted octanol–water partition coefficient (Wildman–Crippen LogP) is 4.27. The molecule has 0 spiro atoms. The van der Waals surface area contributed by atoms with E-state index in [1.54, 1.807) is 0 Å². The minimum atomic E-state index is -0.0814. The maximum atomic E-state index is 6.70. The van der Waals surface area contributed by atoms with E-state index in [-0.39, 0.29) is 5.54 Å². The molecule has 0 bridgehead atoms. The highest BCUT2D eigenvalue weighted by Crippen LogP contribution is 2.43. The Morgan fingerprint density at radius 3 is 2.88 bits per heavy atom. The molecular weight excluding hydrogens is 226 g/mol. The van der Waals surface area contributed by atoms with Gasteiger partial charge in [-0.2, -0.15) is 0 Å². The number of nitrogens with two attached hydrogens (primary N) is 1. The van der Waals surface area contributed by atoms with Gasteiger partial charge in [0.05, 0.1) is 5.54 Å². The van der Waals surface area contributed by atoms with Crippen LogP contribution in [0.3, 0.4) is 0 Å².